The van der Waals surface area contributed by atoms with Crippen molar-refractivity contribution in [3.8, 4) is 0 Å². The third-order valence-corrected chi connectivity index (χ3v) is 4.22. The maximum absolute atomic E-state index is 12.0. The Bertz CT molecular complexity index is 441. The number of unbranched alkanes of at least 4 members (excludes halogenated alkanes) is 1. The lowest BCUT2D eigenvalue weighted by Crippen LogP contribution is -2.19. The average molecular weight is 324 g/mol. The maximum atomic E-state index is 12.0. The van der Waals surface area contributed by atoms with Gasteiger partial charge in [-0.05, 0) is 25.7 Å². The smallest absolute Gasteiger partial charge is 0.303 e. The second kappa shape index (κ2) is 10.3. The molecular weight excluding hydrogens is 296 g/mol. The lowest BCUT2D eigenvalue weighted by molar-refractivity contribution is -0.137. The second-order valence-electron chi connectivity index (χ2n) is 6.13. The predicted octanol–water partition coefficient (Wildman–Crippen LogP) is 2.47. The highest BCUT2D eigenvalue weighted by Crippen LogP contribution is 2.34. The van der Waals surface area contributed by atoms with Gasteiger partial charge in [0, 0.05) is 24.7 Å². The molecule has 1 saturated carbocycles. The quantitative estimate of drug-likeness (QED) is 0.424. The normalized spacial score (nSPS) is 26.4. The van der Waals surface area contributed by atoms with Gasteiger partial charge in [0.25, 0.3) is 0 Å². The largest absolute Gasteiger partial charge is 0.481 e. The van der Waals surface area contributed by atoms with Crippen LogP contribution in [0.15, 0.2) is 24.3 Å². The highest BCUT2D eigenvalue weighted by molar-refractivity contribution is 5.84. The fourth-order valence-electron chi connectivity index (χ4n) is 2.97. The van der Waals surface area contributed by atoms with Gasteiger partial charge in [0.2, 0.25) is 0 Å². The number of hydrogen-bond acceptors (Lipinski definition) is 4. The van der Waals surface area contributed by atoms with Gasteiger partial charge in [-0.25, -0.2) is 0 Å². The maximum Gasteiger partial charge on any atom is 0.303 e. The summed E-state index contributed by atoms with van der Waals surface area (Å²) in [5, 5.41) is 28.6. The van der Waals surface area contributed by atoms with E-state index in [2.05, 4.69) is 0 Å². The Morgan fingerprint density at radius 2 is 2.09 bits per heavy atom. The summed E-state index contributed by atoms with van der Waals surface area (Å²) in [6.45, 7) is 2.02. The van der Waals surface area contributed by atoms with E-state index < -0.39 is 18.2 Å². The number of aliphatic hydroxyl groups is 2. The first-order valence-electron chi connectivity index (χ1n) is 8.39. The van der Waals surface area contributed by atoms with Crippen LogP contribution in [-0.2, 0) is 9.59 Å². The molecule has 0 radical (unpaired) electrons. The summed E-state index contributed by atoms with van der Waals surface area (Å²) in [7, 11) is 0. The highest BCUT2D eigenvalue weighted by atomic mass is 16.4. The van der Waals surface area contributed by atoms with Crippen molar-refractivity contribution in [2.75, 3.05) is 0 Å². The molecule has 0 aromatic carbocycles. The summed E-state index contributed by atoms with van der Waals surface area (Å²) >= 11 is 0. The van der Waals surface area contributed by atoms with Gasteiger partial charge in [0.15, 0.2) is 0 Å². The number of allylic oxidation sites excluding steroid dienone is 1. The molecule has 0 aromatic heterocycles. The molecule has 0 unspecified atom stereocenters. The minimum absolute atomic E-state index is 0.0304. The molecule has 0 amide bonds. The van der Waals surface area contributed by atoms with Gasteiger partial charge in [-0.3, -0.25) is 9.59 Å². The first-order valence-corrected chi connectivity index (χ1v) is 8.39. The van der Waals surface area contributed by atoms with E-state index >= 15 is 0 Å². The molecule has 1 aliphatic rings. The zero-order chi connectivity index (χ0) is 17.2. The fraction of sp³-hybridized carbons (Fsp3) is 0.667. The molecule has 0 heterocycles. The van der Waals surface area contributed by atoms with E-state index in [0.29, 0.717) is 25.7 Å². The van der Waals surface area contributed by atoms with Gasteiger partial charge in [-0.1, -0.05) is 37.6 Å². The van der Waals surface area contributed by atoms with E-state index in [1.807, 2.05) is 19.1 Å². The number of aliphatic carboxylic acids is 1. The van der Waals surface area contributed by atoms with E-state index in [-0.39, 0.29) is 30.5 Å². The Morgan fingerprint density at radius 1 is 1.35 bits per heavy atom. The average Bonchev–Trinajstić information content (AvgIpc) is 2.75. The third kappa shape index (κ3) is 7.10. The topological polar surface area (TPSA) is 94.8 Å². The zero-order valence-electron chi connectivity index (χ0n) is 13.7. The van der Waals surface area contributed by atoms with E-state index in [1.54, 1.807) is 12.2 Å². The Labute approximate surface area is 137 Å². The number of Topliss-reactive ketones (excluding diaryl/α,β-unsaturated/α-hetero) is 1. The van der Waals surface area contributed by atoms with Crippen LogP contribution in [0.4, 0.5) is 0 Å². The minimum atomic E-state index is -0.831. The molecule has 0 aliphatic heterocycles. The van der Waals surface area contributed by atoms with Crippen LogP contribution >= 0.6 is 0 Å². The molecule has 1 rings (SSSR count). The van der Waals surface area contributed by atoms with Crippen molar-refractivity contribution in [3.05, 3.63) is 24.3 Å². The molecule has 5 heteroatoms. The van der Waals surface area contributed by atoms with Gasteiger partial charge >= 0.3 is 5.97 Å². The number of ketones is 1. The van der Waals surface area contributed by atoms with Crippen LogP contribution in [0.3, 0.4) is 0 Å². The first kappa shape index (κ1) is 19.6. The van der Waals surface area contributed by atoms with Crippen LogP contribution in [0.5, 0.6) is 0 Å². The summed E-state index contributed by atoms with van der Waals surface area (Å²) in [6.07, 6.45) is 9.44. The van der Waals surface area contributed by atoms with Crippen LogP contribution in [0.25, 0.3) is 0 Å². The van der Waals surface area contributed by atoms with Gasteiger partial charge in [-0.15, -0.1) is 0 Å². The predicted molar refractivity (Wildman–Crippen MR) is 87.9 cm³/mol. The molecule has 0 bridgehead atoms. The summed E-state index contributed by atoms with van der Waals surface area (Å²) < 4.78 is 0. The molecule has 3 N–H and O–H groups in total. The van der Waals surface area contributed by atoms with Gasteiger partial charge in [0.1, 0.15) is 5.78 Å². The van der Waals surface area contributed by atoms with E-state index in [9.17, 15) is 19.8 Å². The monoisotopic (exact) mass is 324 g/mol. The summed E-state index contributed by atoms with van der Waals surface area (Å²) in [4.78, 5) is 22.5. The van der Waals surface area contributed by atoms with Crippen LogP contribution in [0.2, 0.25) is 0 Å². The molecule has 0 aromatic rings. The van der Waals surface area contributed by atoms with E-state index in [4.69, 9.17) is 5.11 Å². The SMILES string of the molecule is CC/C=C\C[C@@H](O)/C=C/[C@@H]1[C@H](CCCCC(=O)O)C(=O)C[C@@H]1O. The highest BCUT2D eigenvalue weighted by Gasteiger charge is 2.39. The molecule has 130 valence electrons. The van der Waals surface area contributed by atoms with Crippen LogP contribution in [-0.4, -0.2) is 39.3 Å². The van der Waals surface area contributed by atoms with Crippen LogP contribution in [0, 0.1) is 11.8 Å². The molecule has 5 nitrogen and oxygen atoms in total. The number of carboxylic acid groups (broad SMARTS) is 1. The molecular formula is C18H28O5. The third-order valence-electron chi connectivity index (χ3n) is 4.22. The molecule has 0 saturated heterocycles. The lowest BCUT2D eigenvalue weighted by Gasteiger charge is -2.17. The zero-order valence-corrected chi connectivity index (χ0v) is 13.7. The van der Waals surface area contributed by atoms with Crippen molar-refractivity contribution in [2.24, 2.45) is 11.8 Å². The van der Waals surface area contributed by atoms with Crippen molar-refractivity contribution in [1.82, 2.24) is 0 Å². The van der Waals surface area contributed by atoms with E-state index in [1.165, 1.54) is 0 Å². The Hall–Kier alpha value is -1.46. The van der Waals surface area contributed by atoms with Crippen molar-refractivity contribution >= 4 is 11.8 Å². The van der Waals surface area contributed by atoms with Gasteiger partial charge < -0.3 is 15.3 Å². The molecule has 4 atom stereocenters. The Kier molecular flexibility index (Phi) is 8.81. The van der Waals surface area contributed by atoms with Crippen molar-refractivity contribution in [2.45, 2.75) is 64.1 Å². The molecule has 1 fully saturated rings. The number of aliphatic hydroxyl groups excluding tert-OH is 2. The fourth-order valence-corrected chi connectivity index (χ4v) is 2.97. The standard InChI is InChI=1S/C18H28O5/c1-2-3-4-7-13(19)10-11-15-14(16(20)12-17(15)21)8-5-6-9-18(22)23/h3-4,10-11,13-15,17,19,21H,2,5-9,12H2,1H3,(H,22,23)/b4-3-,11-10+/t13-,14+,15-,17+/m1/s1. The number of carbonyl (C=O) groups is 2. The van der Waals surface area contributed by atoms with Crippen LogP contribution < -0.4 is 0 Å². The van der Waals surface area contributed by atoms with Crippen molar-refractivity contribution in [3.63, 3.8) is 0 Å². The molecule has 0 spiro atoms. The lowest BCUT2D eigenvalue weighted by atomic mass is 9.88. The number of rotatable bonds is 10. The Morgan fingerprint density at radius 3 is 2.74 bits per heavy atom. The van der Waals surface area contributed by atoms with Crippen LogP contribution in [0.1, 0.15) is 51.9 Å². The van der Waals surface area contributed by atoms with Gasteiger partial charge in [0.05, 0.1) is 12.2 Å². The van der Waals surface area contributed by atoms with Crippen molar-refractivity contribution < 1.29 is 24.9 Å². The second-order valence-corrected chi connectivity index (χ2v) is 6.13. The summed E-state index contributed by atoms with van der Waals surface area (Å²) in [5.41, 5.74) is 0. The minimum Gasteiger partial charge on any atom is -0.481 e. The summed E-state index contributed by atoms with van der Waals surface area (Å²) in [5.74, 6) is -1.35. The number of carboxylic acids is 1. The first-order chi connectivity index (χ1) is 11.0. The number of hydrogen-bond donors (Lipinski definition) is 3. The van der Waals surface area contributed by atoms with Crippen molar-refractivity contribution in [1.29, 1.82) is 0 Å². The van der Waals surface area contributed by atoms with E-state index in [0.717, 1.165) is 6.42 Å². The number of carbonyl (C=O) groups excluding carboxylic acids is 1. The molecule has 23 heavy (non-hydrogen) atoms. The summed E-state index contributed by atoms with van der Waals surface area (Å²) in [6, 6.07) is 0. The Balaban J connectivity index is 2.53. The van der Waals surface area contributed by atoms with Gasteiger partial charge in [-0.2, -0.15) is 0 Å². The molecule has 1 aliphatic carbocycles.